The van der Waals surface area contributed by atoms with Crippen LogP contribution >= 0.6 is 12.2 Å². The lowest BCUT2D eigenvalue weighted by molar-refractivity contribution is 0.577. The highest BCUT2D eigenvalue weighted by atomic mass is 32.2. The van der Waals surface area contributed by atoms with Crippen molar-refractivity contribution >= 4 is 27.2 Å². The van der Waals surface area contributed by atoms with E-state index in [4.69, 9.17) is 5.73 Å². The smallest absolute Gasteiger partial charge is 0.241 e. The minimum Gasteiger partial charge on any atom is -0.389 e. The minimum atomic E-state index is -3.84. The molecule has 0 aliphatic rings. The first-order valence-electron chi connectivity index (χ1n) is 5.73. The fourth-order valence-corrected chi connectivity index (χ4v) is 2.73. The van der Waals surface area contributed by atoms with Crippen molar-refractivity contribution in [3.8, 4) is 0 Å². The Hall–Kier alpha value is -1.91. The van der Waals surface area contributed by atoms with Crippen LogP contribution in [0.25, 0.3) is 0 Å². The van der Waals surface area contributed by atoms with Gasteiger partial charge in [-0.25, -0.2) is 22.5 Å². The van der Waals surface area contributed by atoms with Gasteiger partial charge in [-0.2, -0.15) is 5.10 Å². The zero-order valence-electron chi connectivity index (χ0n) is 10.9. The Morgan fingerprint density at radius 2 is 2.24 bits per heavy atom. The van der Waals surface area contributed by atoms with E-state index in [2.05, 4.69) is 27.0 Å². The van der Waals surface area contributed by atoms with E-state index in [1.807, 2.05) is 0 Å². The van der Waals surface area contributed by atoms with Crippen molar-refractivity contribution in [1.29, 1.82) is 0 Å². The fraction of sp³-hybridized carbons (Fsp3) is 0.182. The first kappa shape index (κ1) is 15.5. The maximum atomic E-state index is 13.5. The van der Waals surface area contributed by atoms with E-state index < -0.39 is 15.8 Å². The SMILES string of the molecule is Cn1cnc(CNS(=O)(=O)c2ccc(F)c(C(N)=S)c2)n1. The standard InChI is InChI=1S/C11H12FN5O2S2/c1-17-6-14-10(16-17)5-15-21(18,19)7-2-3-9(12)8(4-7)11(13)20/h2-4,6,15H,5H2,1H3,(H2,13,20). The molecule has 0 saturated heterocycles. The summed E-state index contributed by atoms with van der Waals surface area (Å²) in [5.74, 6) is -0.356. The third-order valence-corrected chi connectivity index (χ3v) is 4.20. The Labute approximate surface area is 126 Å². The largest absolute Gasteiger partial charge is 0.389 e. The van der Waals surface area contributed by atoms with Crippen LogP contribution in [0.2, 0.25) is 0 Å². The predicted molar refractivity (Wildman–Crippen MR) is 77.3 cm³/mol. The normalized spacial score (nSPS) is 11.5. The van der Waals surface area contributed by atoms with Crippen LogP contribution in [0.5, 0.6) is 0 Å². The van der Waals surface area contributed by atoms with Gasteiger partial charge in [0.1, 0.15) is 17.1 Å². The second-order valence-corrected chi connectivity index (χ2v) is 6.37. The molecule has 0 saturated carbocycles. The molecule has 0 aliphatic carbocycles. The average molecular weight is 329 g/mol. The molecule has 0 radical (unpaired) electrons. The molecular formula is C11H12FN5O2S2. The molecular weight excluding hydrogens is 317 g/mol. The van der Waals surface area contributed by atoms with Crippen LogP contribution in [0, 0.1) is 5.82 Å². The number of aromatic nitrogens is 3. The van der Waals surface area contributed by atoms with E-state index in [9.17, 15) is 12.8 Å². The first-order valence-corrected chi connectivity index (χ1v) is 7.62. The highest BCUT2D eigenvalue weighted by Gasteiger charge is 2.17. The number of nitrogens with zero attached hydrogens (tertiary/aromatic N) is 3. The predicted octanol–water partition coefficient (Wildman–Crippen LogP) is 0.0669. The number of sulfonamides is 1. The van der Waals surface area contributed by atoms with Crippen LogP contribution in [-0.2, 0) is 23.6 Å². The molecule has 3 N–H and O–H groups in total. The monoisotopic (exact) mass is 329 g/mol. The Bertz CT molecular complexity index is 788. The molecule has 0 atom stereocenters. The van der Waals surface area contributed by atoms with Gasteiger partial charge in [-0.1, -0.05) is 12.2 Å². The van der Waals surface area contributed by atoms with Gasteiger partial charge in [0.15, 0.2) is 5.82 Å². The van der Waals surface area contributed by atoms with Gasteiger partial charge in [-0.3, -0.25) is 4.68 Å². The third kappa shape index (κ3) is 3.60. The van der Waals surface area contributed by atoms with Gasteiger partial charge >= 0.3 is 0 Å². The molecule has 0 amide bonds. The molecule has 0 fully saturated rings. The molecule has 2 rings (SSSR count). The topological polar surface area (TPSA) is 103 Å². The Morgan fingerprint density at radius 3 is 2.81 bits per heavy atom. The van der Waals surface area contributed by atoms with Crippen molar-refractivity contribution in [3.05, 3.63) is 41.7 Å². The van der Waals surface area contributed by atoms with Gasteiger partial charge in [-0.15, -0.1) is 0 Å². The van der Waals surface area contributed by atoms with Gasteiger partial charge in [0, 0.05) is 12.6 Å². The summed E-state index contributed by atoms with van der Waals surface area (Å²) >= 11 is 4.68. The summed E-state index contributed by atoms with van der Waals surface area (Å²) < 4.78 is 41.5. The maximum Gasteiger partial charge on any atom is 0.241 e. The summed E-state index contributed by atoms with van der Waals surface area (Å²) in [5.41, 5.74) is 5.23. The zero-order valence-corrected chi connectivity index (χ0v) is 12.6. The van der Waals surface area contributed by atoms with Crippen LogP contribution in [0.1, 0.15) is 11.4 Å². The molecule has 2 aromatic rings. The summed E-state index contributed by atoms with van der Waals surface area (Å²) in [5, 5.41) is 3.95. The number of hydrogen-bond acceptors (Lipinski definition) is 5. The quantitative estimate of drug-likeness (QED) is 0.752. The molecule has 0 bridgehead atoms. The Balaban J connectivity index is 2.23. The molecule has 1 aromatic carbocycles. The van der Waals surface area contributed by atoms with Gasteiger partial charge < -0.3 is 5.73 Å². The van der Waals surface area contributed by atoms with Crippen molar-refractivity contribution in [2.75, 3.05) is 0 Å². The molecule has 0 unspecified atom stereocenters. The number of halogens is 1. The number of hydrogen-bond donors (Lipinski definition) is 2. The molecule has 7 nitrogen and oxygen atoms in total. The van der Waals surface area contributed by atoms with Gasteiger partial charge in [-0.05, 0) is 18.2 Å². The molecule has 112 valence electrons. The van der Waals surface area contributed by atoms with Crippen molar-refractivity contribution in [3.63, 3.8) is 0 Å². The van der Waals surface area contributed by atoms with Gasteiger partial charge in [0.2, 0.25) is 10.0 Å². The molecule has 0 spiro atoms. The number of nitrogens with one attached hydrogen (secondary N) is 1. The number of thiocarbonyl (C=S) groups is 1. The molecule has 10 heteroatoms. The van der Waals surface area contributed by atoms with Crippen LogP contribution in [0.4, 0.5) is 4.39 Å². The van der Waals surface area contributed by atoms with E-state index in [1.54, 1.807) is 7.05 Å². The molecule has 1 aromatic heterocycles. The minimum absolute atomic E-state index is 0.0804. The van der Waals surface area contributed by atoms with Crippen LogP contribution in [0.3, 0.4) is 0 Å². The molecule has 21 heavy (non-hydrogen) atoms. The lowest BCUT2D eigenvalue weighted by Gasteiger charge is -2.07. The van der Waals surface area contributed by atoms with E-state index in [-0.39, 0.29) is 22.0 Å². The van der Waals surface area contributed by atoms with Crippen molar-refractivity contribution < 1.29 is 12.8 Å². The highest BCUT2D eigenvalue weighted by molar-refractivity contribution is 7.89. The lowest BCUT2D eigenvalue weighted by atomic mass is 10.2. The summed E-state index contributed by atoms with van der Waals surface area (Å²) in [4.78, 5) is 3.55. The molecule has 0 aliphatic heterocycles. The van der Waals surface area contributed by atoms with E-state index in [0.717, 1.165) is 18.2 Å². The number of benzene rings is 1. The second-order valence-electron chi connectivity index (χ2n) is 4.16. The van der Waals surface area contributed by atoms with E-state index >= 15 is 0 Å². The van der Waals surface area contributed by atoms with E-state index in [0.29, 0.717) is 5.82 Å². The summed E-state index contributed by atoms with van der Waals surface area (Å²) in [6.45, 7) is -0.0804. The highest BCUT2D eigenvalue weighted by Crippen LogP contribution is 2.15. The van der Waals surface area contributed by atoms with Crippen LogP contribution < -0.4 is 10.5 Å². The fourth-order valence-electron chi connectivity index (χ4n) is 1.57. The van der Waals surface area contributed by atoms with Gasteiger partial charge in [0.25, 0.3) is 0 Å². The van der Waals surface area contributed by atoms with Crippen molar-refractivity contribution in [2.24, 2.45) is 12.8 Å². The second kappa shape index (κ2) is 5.84. The van der Waals surface area contributed by atoms with Crippen molar-refractivity contribution in [1.82, 2.24) is 19.5 Å². The average Bonchev–Trinajstić information content (AvgIpc) is 2.82. The number of rotatable bonds is 5. The number of nitrogens with two attached hydrogens (primary N) is 1. The summed E-state index contributed by atoms with van der Waals surface area (Å²) in [6.07, 6.45) is 1.45. The first-order chi connectivity index (χ1) is 9.79. The molecule has 1 heterocycles. The van der Waals surface area contributed by atoms with Crippen molar-refractivity contribution in [2.45, 2.75) is 11.4 Å². The number of aryl methyl sites for hydroxylation is 1. The van der Waals surface area contributed by atoms with Gasteiger partial charge in [0.05, 0.1) is 11.4 Å². The third-order valence-electron chi connectivity index (χ3n) is 2.58. The van der Waals surface area contributed by atoms with Crippen LogP contribution in [-0.4, -0.2) is 28.2 Å². The zero-order chi connectivity index (χ0) is 15.6. The maximum absolute atomic E-state index is 13.5. The lowest BCUT2D eigenvalue weighted by Crippen LogP contribution is -2.24. The Morgan fingerprint density at radius 1 is 1.52 bits per heavy atom. The van der Waals surface area contributed by atoms with E-state index in [1.165, 1.54) is 11.0 Å². The summed E-state index contributed by atoms with van der Waals surface area (Å²) in [6, 6.07) is 3.22. The Kier molecular flexibility index (Phi) is 4.30. The van der Waals surface area contributed by atoms with Crippen LogP contribution in [0.15, 0.2) is 29.4 Å². The summed E-state index contributed by atoms with van der Waals surface area (Å²) in [7, 11) is -2.18.